The molecule has 11 heteroatoms. The number of carbonyl (C=O) groups excluding carboxylic acids is 3. The van der Waals surface area contributed by atoms with Crippen LogP contribution in [-0.4, -0.2) is 53.4 Å². The van der Waals surface area contributed by atoms with Gasteiger partial charge in [-0.15, -0.1) is 0 Å². The van der Waals surface area contributed by atoms with Crippen LogP contribution >= 0.6 is 0 Å². The molecule has 1 aromatic rings. The van der Waals surface area contributed by atoms with E-state index in [0.29, 0.717) is 18.5 Å². The minimum Gasteiger partial charge on any atom is -0.480 e. The third-order valence-corrected chi connectivity index (χ3v) is 4.64. The molecule has 3 amide bonds. The lowest BCUT2D eigenvalue weighted by Crippen LogP contribution is -2.55. The van der Waals surface area contributed by atoms with Crippen LogP contribution in [0.5, 0.6) is 0 Å². The van der Waals surface area contributed by atoms with E-state index < -0.39 is 41.7 Å². The van der Waals surface area contributed by atoms with Crippen molar-refractivity contribution < 1.29 is 24.3 Å². The van der Waals surface area contributed by atoms with Crippen LogP contribution in [0.3, 0.4) is 0 Å². The largest absolute Gasteiger partial charge is 0.480 e. The quantitative estimate of drug-likeness (QED) is 0.0946. The van der Waals surface area contributed by atoms with E-state index in [-0.39, 0.29) is 24.7 Å². The molecule has 0 saturated heterocycles. The topological polar surface area (TPSA) is 200 Å². The van der Waals surface area contributed by atoms with E-state index in [9.17, 15) is 24.3 Å². The Morgan fingerprint density at radius 3 is 2.19 bits per heavy atom. The van der Waals surface area contributed by atoms with Gasteiger partial charge in [0.1, 0.15) is 6.04 Å². The van der Waals surface area contributed by atoms with Crippen molar-refractivity contribution in [3.63, 3.8) is 0 Å². The predicted octanol–water partition coefficient (Wildman–Crippen LogP) is -0.102. The first-order valence-corrected chi connectivity index (χ1v) is 10.1. The van der Waals surface area contributed by atoms with Crippen molar-refractivity contribution in [2.45, 2.75) is 45.2 Å². The number of aliphatic carboxylic acids is 1. The van der Waals surface area contributed by atoms with Gasteiger partial charge < -0.3 is 32.5 Å². The van der Waals surface area contributed by atoms with Crippen LogP contribution in [0, 0.1) is 17.2 Å². The molecule has 0 spiro atoms. The fourth-order valence-corrected chi connectivity index (χ4v) is 3.01. The van der Waals surface area contributed by atoms with E-state index >= 15 is 0 Å². The summed E-state index contributed by atoms with van der Waals surface area (Å²) in [5.41, 5.74) is 11.0. The zero-order valence-corrected chi connectivity index (χ0v) is 18.2. The summed E-state index contributed by atoms with van der Waals surface area (Å²) < 4.78 is 0. The van der Waals surface area contributed by atoms with Crippen LogP contribution in [-0.2, 0) is 20.8 Å². The number of rotatable bonds is 13. The number of carboxylic acid groups (broad SMARTS) is 1. The first-order chi connectivity index (χ1) is 15.0. The second kappa shape index (κ2) is 12.9. The van der Waals surface area contributed by atoms with Crippen molar-refractivity contribution in [2.75, 3.05) is 6.54 Å². The number of ketones is 1. The number of hydrogen-bond acceptors (Lipinski definition) is 5. The van der Waals surface area contributed by atoms with Crippen molar-refractivity contribution >= 4 is 29.7 Å². The minimum atomic E-state index is -1.36. The molecule has 0 bridgehead atoms. The maximum absolute atomic E-state index is 13.1. The highest BCUT2D eigenvalue weighted by Crippen LogP contribution is 2.18. The van der Waals surface area contributed by atoms with Crippen molar-refractivity contribution in [1.82, 2.24) is 16.0 Å². The van der Waals surface area contributed by atoms with E-state index in [4.69, 9.17) is 16.9 Å². The van der Waals surface area contributed by atoms with E-state index in [1.54, 1.807) is 44.2 Å². The van der Waals surface area contributed by atoms with Crippen molar-refractivity contribution in [2.24, 2.45) is 17.4 Å². The summed E-state index contributed by atoms with van der Waals surface area (Å²) in [6, 6.07) is 5.61. The van der Waals surface area contributed by atoms with E-state index in [1.165, 1.54) is 0 Å². The monoisotopic (exact) mass is 447 g/mol. The maximum atomic E-state index is 13.1. The van der Waals surface area contributed by atoms with Crippen molar-refractivity contribution in [3.8, 4) is 0 Å². The molecule has 1 radical (unpaired) electrons. The Kier molecular flexibility index (Phi) is 10.7. The van der Waals surface area contributed by atoms with Gasteiger partial charge in [0.05, 0.1) is 6.04 Å². The van der Waals surface area contributed by atoms with Crippen LogP contribution < -0.4 is 27.4 Å². The normalized spacial score (nSPS) is 12.6. The fraction of sp³-hybridized carbons (Fsp3) is 0.429. The van der Waals surface area contributed by atoms with Gasteiger partial charge >= 0.3 is 12.0 Å². The third-order valence-electron chi connectivity index (χ3n) is 4.64. The van der Waals surface area contributed by atoms with Crippen LogP contribution in [0.4, 0.5) is 4.79 Å². The Bertz CT molecular complexity index is 814. The van der Waals surface area contributed by atoms with E-state index in [2.05, 4.69) is 16.0 Å². The molecule has 2 atom stereocenters. The number of primary amides is 1. The second-order valence-electron chi connectivity index (χ2n) is 7.58. The average Bonchev–Trinajstić information content (AvgIpc) is 2.71. The summed E-state index contributed by atoms with van der Waals surface area (Å²) in [6.07, 6.45) is 0.445. The number of urea groups is 1. The molecule has 1 rings (SSSR count). The number of carbonyl (C=O) groups is 4. The molecule has 0 heterocycles. The van der Waals surface area contributed by atoms with Gasteiger partial charge in [-0.25, -0.2) is 4.79 Å². The Balaban J connectivity index is 2.94. The number of benzene rings is 1. The predicted molar refractivity (Wildman–Crippen MR) is 118 cm³/mol. The Hall–Kier alpha value is -3.63. The smallest absolute Gasteiger partial charge is 0.319 e. The van der Waals surface area contributed by atoms with Gasteiger partial charge in [0, 0.05) is 6.54 Å². The molecule has 9 N–H and O–H groups in total. The van der Waals surface area contributed by atoms with Gasteiger partial charge in [-0.3, -0.25) is 19.8 Å². The molecule has 0 aliphatic carbocycles. The number of Topliss-reactive ketones (excluding diaryl/α,β-unsaturated/α-hetero) is 1. The van der Waals surface area contributed by atoms with Gasteiger partial charge in [0.15, 0.2) is 17.7 Å². The SMILES string of the molecule is CC(C)[C@H](NC(=O)[C@H](CCCNC(=N)N)NC(N)=O)C(=O)[C](Cc1ccccc1)C(=O)O. The summed E-state index contributed by atoms with van der Waals surface area (Å²) >= 11 is 0. The van der Waals surface area contributed by atoms with Crippen LogP contribution in [0.1, 0.15) is 32.3 Å². The van der Waals surface area contributed by atoms with Crippen LogP contribution in [0.15, 0.2) is 30.3 Å². The lowest BCUT2D eigenvalue weighted by Gasteiger charge is -2.26. The molecular weight excluding hydrogens is 416 g/mol. The number of carboxylic acids is 1. The van der Waals surface area contributed by atoms with Crippen molar-refractivity contribution in [3.05, 3.63) is 41.8 Å². The van der Waals surface area contributed by atoms with Crippen LogP contribution in [0.2, 0.25) is 0 Å². The molecule has 1 aromatic carbocycles. The lowest BCUT2D eigenvalue weighted by atomic mass is 9.86. The summed E-state index contributed by atoms with van der Waals surface area (Å²) in [5, 5.41) is 24.2. The highest BCUT2D eigenvalue weighted by Gasteiger charge is 2.37. The second-order valence-corrected chi connectivity index (χ2v) is 7.58. The standard InChI is InChI=1S/C21H31N6O5/c1-12(2)16(17(28)14(19(30)31)11-13-7-4-3-5-8-13)27-18(29)15(26-21(24)32)9-6-10-25-20(22)23/h3-5,7-8,12,15-16H,6,9-11H2,1-2H3,(H,27,29)(H,30,31)(H4,22,23,25)(H3,24,26,32)/t15-,16-/m0/s1. The first-order valence-electron chi connectivity index (χ1n) is 10.1. The Labute approximate surface area is 186 Å². The number of amides is 3. The first kappa shape index (κ1) is 26.4. The molecule has 0 aliphatic heterocycles. The van der Waals surface area contributed by atoms with E-state index in [1.807, 2.05) is 0 Å². The van der Waals surface area contributed by atoms with Crippen LogP contribution in [0.25, 0.3) is 0 Å². The molecule has 0 fully saturated rings. The number of nitrogens with one attached hydrogen (secondary N) is 4. The Morgan fingerprint density at radius 1 is 1.06 bits per heavy atom. The molecule has 11 nitrogen and oxygen atoms in total. The van der Waals surface area contributed by atoms with Gasteiger partial charge in [-0.1, -0.05) is 44.2 Å². The van der Waals surface area contributed by atoms with Gasteiger partial charge in [0.25, 0.3) is 0 Å². The maximum Gasteiger partial charge on any atom is 0.319 e. The zero-order chi connectivity index (χ0) is 24.3. The molecule has 0 aromatic heterocycles. The minimum absolute atomic E-state index is 0.0895. The lowest BCUT2D eigenvalue weighted by molar-refractivity contribution is -0.139. The number of nitrogens with two attached hydrogens (primary N) is 2. The third kappa shape index (κ3) is 9.02. The Morgan fingerprint density at radius 2 is 1.69 bits per heavy atom. The highest BCUT2D eigenvalue weighted by molar-refractivity contribution is 6.15. The molecule has 175 valence electrons. The molecule has 0 unspecified atom stereocenters. The highest BCUT2D eigenvalue weighted by atomic mass is 16.4. The fourth-order valence-electron chi connectivity index (χ4n) is 3.01. The molecule has 0 aliphatic rings. The summed E-state index contributed by atoms with van der Waals surface area (Å²) in [5.74, 6) is -3.72. The molecule has 0 saturated carbocycles. The summed E-state index contributed by atoms with van der Waals surface area (Å²) in [7, 11) is 0. The zero-order valence-electron chi connectivity index (χ0n) is 18.2. The average molecular weight is 448 g/mol. The van der Waals surface area contributed by atoms with Gasteiger partial charge in [0.2, 0.25) is 5.91 Å². The number of guanidine groups is 1. The van der Waals surface area contributed by atoms with E-state index in [0.717, 1.165) is 0 Å². The number of hydrogen-bond donors (Lipinski definition) is 7. The summed E-state index contributed by atoms with van der Waals surface area (Å²) in [4.78, 5) is 49.0. The summed E-state index contributed by atoms with van der Waals surface area (Å²) in [6.45, 7) is 3.65. The van der Waals surface area contributed by atoms with Crippen molar-refractivity contribution in [1.29, 1.82) is 5.41 Å². The molecule has 32 heavy (non-hydrogen) atoms. The van der Waals surface area contributed by atoms with Gasteiger partial charge in [-0.05, 0) is 30.7 Å². The molecular formula is C21H31N6O5. The van der Waals surface area contributed by atoms with Gasteiger partial charge in [-0.2, -0.15) is 0 Å².